The smallest absolute Gasteiger partial charge is 0.316 e. The van der Waals surface area contributed by atoms with Crippen molar-refractivity contribution in [2.24, 2.45) is 0 Å². The zero-order chi connectivity index (χ0) is 36.2. The van der Waals surface area contributed by atoms with E-state index in [4.69, 9.17) is 0 Å². The average Bonchev–Trinajstić information content (AvgIpc) is 3.62. The molecule has 6 rings (SSSR count). The van der Waals surface area contributed by atoms with E-state index in [0.717, 1.165) is 32.5 Å². The summed E-state index contributed by atoms with van der Waals surface area (Å²) >= 11 is 4.13. The van der Waals surface area contributed by atoms with E-state index in [2.05, 4.69) is 47.1 Å². The van der Waals surface area contributed by atoms with E-state index in [-0.39, 0.29) is 48.0 Å². The summed E-state index contributed by atoms with van der Waals surface area (Å²) in [5.74, 6) is -0.439. The number of fused-ring (bicyclic) bond motifs is 1. The molecule has 0 spiro atoms. The standard InChI is InChI=1S/C33H36N6O4.C7H8S.2H2O/c1-2-16-34-20-30(41)39-28(18-23-11-13-27(40)14-12-23)32(42)38(21-26-10-6-9-25-15-17-35-31(25)26)22-29(39)37-33(43)36-19-24-7-4-3-5-8-24;1-6-2-4-7(8)5-3-6;;/h2-15,17,28-29,34-35,40H,1,16,18-22H2,(H2,36,37,43);2-5,8H,1H3;2*1H2/t28-,29+;;;/m0.../s1. The zero-order valence-corrected chi connectivity index (χ0v) is 30.5. The van der Waals surface area contributed by atoms with E-state index in [1.54, 1.807) is 35.2 Å². The summed E-state index contributed by atoms with van der Waals surface area (Å²) in [5, 5.41) is 19.7. The predicted octanol–water partition coefficient (Wildman–Crippen LogP) is 3.89. The lowest BCUT2D eigenvalue weighted by Gasteiger charge is -2.46. The molecule has 13 heteroatoms. The van der Waals surface area contributed by atoms with Gasteiger partial charge in [0.05, 0.1) is 18.6 Å². The summed E-state index contributed by atoms with van der Waals surface area (Å²) < 4.78 is 0. The number of aromatic hydroxyl groups is 1. The molecule has 1 saturated heterocycles. The second-order valence-electron chi connectivity index (χ2n) is 12.3. The molecule has 12 nitrogen and oxygen atoms in total. The average molecular weight is 741 g/mol. The Balaban J connectivity index is 0.000000671. The van der Waals surface area contributed by atoms with Crippen molar-refractivity contribution in [1.29, 1.82) is 0 Å². The van der Waals surface area contributed by atoms with Crippen LogP contribution in [0, 0.1) is 6.92 Å². The maximum absolute atomic E-state index is 14.2. The number of aromatic nitrogens is 1. The number of phenols is 1. The van der Waals surface area contributed by atoms with Crippen molar-refractivity contribution in [3.05, 3.63) is 144 Å². The van der Waals surface area contributed by atoms with Crippen LogP contribution in [0.2, 0.25) is 0 Å². The molecule has 0 bridgehead atoms. The molecule has 5 aromatic rings. The fourth-order valence-electron chi connectivity index (χ4n) is 5.96. The summed E-state index contributed by atoms with van der Waals surface area (Å²) in [6.07, 6.45) is 2.92. The van der Waals surface area contributed by atoms with Gasteiger partial charge in [0.2, 0.25) is 11.8 Å². The minimum Gasteiger partial charge on any atom is -0.508 e. The van der Waals surface area contributed by atoms with Crippen molar-refractivity contribution < 1.29 is 30.4 Å². The summed E-state index contributed by atoms with van der Waals surface area (Å²) in [4.78, 5) is 48.5. The van der Waals surface area contributed by atoms with Gasteiger partial charge >= 0.3 is 6.03 Å². The van der Waals surface area contributed by atoms with Crippen LogP contribution in [-0.2, 0) is 29.1 Å². The first-order valence-corrected chi connectivity index (χ1v) is 17.2. The maximum atomic E-state index is 14.2. The summed E-state index contributed by atoms with van der Waals surface area (Å²) in [7, 11) is 0. The van der Waals surface area contributed by atoms with Gasteiger partial charge in [-0.25, -0.2) is 4.79 Å². The van der Waals surface area contributed by atoms with Gasteiger partial charge in [0.1, 0.15) is 18.0 Å². The highest BCUT2D eigenvalue weighted by Crippen LogP contribution is 2.25. The van der Waals surface area contributed by atoms with Gasteiger partial charge in [-0.05, 0) is 59.3 Å². The van der Waals surface area contributed by atoms with E-state index in [1.807, 2.05) is 85.1 Å². The Bertz CT molecular complexity index is 1900. The van der Waals surface area contributed by atoms with Crippen LogP contribution in [0.25, 0.3) is 10.9 Å². The third-order valence-corrected chi connectivity index (χ3v) is 8.84. The number of piperazine rings is 1. The van der Waals surface area contributed by atoms with Crippen LogP contribution in [-0.4, -0.2) is 80.5 Å². The third-order valence-electron chi connectivity index (χ3n) is 8.54. The van der Waals surface area contributed by atoms with E-state index in [9.17, 15) is 19.5 Å². The summed E-state index contributed by atoms with van der Waals surface area (Å²) in [5.41, 5.74) is 4.85. The van der Waals surface area contributed by atoms with Crippen LogP contribution < -0.4 is 16.0 Å². The van der Waals surface area contributed by atoms with Crippen molar-refractivity contribution >= 4 is 41.4 Å². The van der Waals surface area contributed by atoms with Gasteiger partial charge in [-0.3, -0.25) is 9.59 Å². The number of hydrogen-bond donors (Lipinski definition) is 6. The lowest BCUT2D eigenvalue weighted by molar-refractivity contribution is -0.156. The van der Waals surface area contributed by atoms with Crippen molar-refractivity contribution in [2.45, 2.75) is 43.5 Å². The highest BCUT2D eigenvalue weighted by molar-refractivity contribution is 7.80. The maximum Gasteiger partial charge on any atom is 0.316 e. The lowest BCUT2D eigenvalue weighted by atomic mass is 9.98. The molecule has 1 aliphatic rings. The first kappa shape index (κ1) is 41.8. The van der Waals surface area contributed by atoms with Gasteiger partial charge in [0, 0.05) is 37.1 Å². The Morgan fingerprint density at radius 2 is 1.66 bits per heavy atom. The number of benzene rings is 4. The minimum absolute atomic E-state index is 0. The SMILES string of the molecule is C=CCNCC(=O)N1[C@@H](NC(=O)NCc2ccccc2)CN(Cc2cccc3cc[nH]c23)C(=O)[C@@H]1Cc1ccc(O)cc1.Cc1ccc(S)cc1.O.O. The number of para-hydroxylation sites is 1. The van der Waals surface area contributed by atoms with E-state index < -0.39 is 18.2 Å². The minimum atomic E-state index is -0.890. The van der Waals surface area contributed by atoms with Gasteiger partial charge in [0.25, 0.3) is 0 Å². The largest absolute Gasteiger partial charge is 0.508 e. The number of urea groups is 1. The first-order valence-electron chi connectivity index (χ1n) is 16.8. The third kappa shape index (κ3) is 11.7. The van der Waals surface area contributed by atoms with E-state index >= 15 is 0 Å². The first-order chi connectivity index (χ1) is 24.7. The number of thiol groups is 1. The number of amides is 4. The molecule has 2 atom stereocenters. The van der Waals surface area contributed by atoms with Crippen LogP contribution in [0.5, 0.6) is 5.75 Å². The number of aromatic amines is 1. The molecule has 53 heavy (non-hydrogen) atoms. The number of nitrogens with one attached hydrogen (secondary N) is 4. The van der Waals surface area contributed by atoms with E-state index in [0.29, 0.717) is 19.6 Å². The molecule has 1 fully saturated rings. The van der Waals surface area contributed by atoms with Crippen molar-refractivity contribution in [3.63, 3.8) is 0 Å². The number of carbonyl (C=O) groups excluding carboxylic acids is 3. The molecule has 1 aliphatic heterocycles. The van der Waals surface area contributed by atoms with Crippen LogP contribution in [0.3, 0.4) is 0 Å². The molecule has 0 aliphatic carbocycles. The second-order valence-corrected chi connectivity index (χ2v) is 12.9. The highest BCUT2D eigenvalue weighted by Gasteiger charge is 2.43. The van der Waals surface area contributed by atoms with Gasteiger partial charge in [-0.1, -0.05) is 84.4 Å². The monoisotopic (exact) mass is 740 g/mol. The molecular formula is C40H48N6O6S. The Labute approximate surface area is 314 Å². The Kier molecular flexibility index (Phi) is 16.1. The molecule has 4 amide bonds. The number of H-pyrrole nitrogens is 1. The van der Waals surface area contributed by atoms with E-state index in [1.165, 1.54) is 10.5 Å². The molecule has 9 N–H and O–H groups in total. The summed E-state index contributed by atoms with van der Waals surface area (Å²) in [6.45, 7) is 6.85. The number of nitrogens with zero attached hydrogens (tertiary/aromatic N) is 2. The number of phenolic OH excluding ortho intramolecular Hbond substituents is 1. The molecule has 1 aromatic heterocycles. The van der Waals surface area contributed by atoms with Crippen LogP contribution in [0.1, 0.15) is 22.3 Å². The quantitative estimate of drug-likeness (QED) is 0.0679. The van der Waals surface area contributed by atoms with Gasteiger partial charge in [-0.15, -0.1) is 19.2 Å². The fraction of sp³-hybridized carbons (Fsp3) is 0.225. The molecular weight excluding hydrogens is 693 g/mol. The van der Waals surface area contributed by atoms with Crippen LogP contribution >= 0.6 is 12.6 Å². The van der Waals surface area contributed by atoms with Crippen molar-refractivity contribution in [3.8, 4) is 5.75 Å². The number of carbonyl (C=O) groups is 3. The number of rotatable bonds is 11. The number of hydrogen-bond acceptors (Lipinski definition) is 6. The lowest BCUT2D eigenvalue weighted by Crippen LogP contribution is -2.69. The topological polar surface area (TPSA) is 193 Å². The van der Waals surface area contributed by atoms with Gasteiger partial charge in [0.15, 0.2) is 0 Å². The van der Waals surface area contributed by atoms with Crippen molar-refractivity contribution in [2.75, 3.05) is 19.6 Å². The van der Waals surface area contributed by atoms with Gasteiger partial charge in [-0.2, -0.15) is 0 Å². The number of aryl methyl sites for hydroxylation is 1. The summed E-state index contributed by atoms with van der Waals surface area (Å²) in [6, 6.07) is 30.7. The Morgan fingerprint density at radius 1 is 0.943 bits per heavy atom. The molecule has 280 valence electrons. The highest BCUT2D eigenvalue weighted by atomic mass is 32.1. The van der Waals surface area contributed by atoms with Crippen molar-refractivity contribution in [1.82, 2.24) is 30.7 Å². The predicted molar refractivity (Wildman–Crippen MR) is 210 cm³/mol. The normalized spacial score (nSPS) is 14.9. The second kappa shape index (κ2) is 20.4. The van der Waals surface area contributed by atoms with Gasteiger partial charge < -0.3 is 46.8 Å². The molecule has 0 unspecified atom stereocenters. The molecule has 2 heterocycles. The van der Waals surface area contributed by atoms with Crippen LogP contribution in [0.4, 0.5) is 4.79 Å². The Hall–Kier alpha value is -5.60. The Morgan fingerprint density at radius 3 is 2.34 bits per heavy atom. The zero-order valence-electron chi connectivity index (χ0n) is 29.6. The molecule has 0 radical (unpaired) electrons. The molecule has 0 saturated carbocycles. The molecule has 4 aromatic carbocycles. The van der Waals surface area contributed by atoms with Crippen LogP contribution in [0.15, 0.2) is 127 Å². The fourth-order valence-corrected chi connectivity index (χ4v) is 6.11.